The number of carbonyl (C=O) groups is 2. The van der Waals surface area contributed by atoms with Gasteiger partial charge in [0.1, 0.15) is 0 Å². The molecule has 39 heavy (non-hydrogen) atoms. The third kappa shape index (κ3) is 29.8. The molecule has 0 fully saturated rings. The normalized spacial score (nSPS) is 12.8. The van der Waals surface area contributed by atoms with Crippen molar-refractivity contribution in [1.29, 1.82) is 0 Å². The molecular formula is C30H59O8P. The van der Waals surface area contributed by atoms with E-state index in [0.29, 0.717) is 25.7 Å². The lowest BCUT2D eigenvalue weighted by Gasteiger charge is -2.08. The van der Waals surface area contributed by atoms with Gasteiger partial charge in [-0.15, -0.1) is 0 Å². The maximum absolute atomic E-state index is 11.8. The smallest absolute Gasteiger partial charge is 0.466 e. The quantitative estimate of drug-likeness (QED) is 0.0511. The molecule has 1 atom stereocenters. The Balaban J connectivity index is 3.32. The second kappa shape index (κ2) is 28.6. The van der Waals surface area contributed by atoms with Crippen LogP contribution in [0.25, 0.3) is 0 Å². The SMILES string of the molecule is CCCCCCCCCCCCCCCCCC(=O)OCCCOC(=O)CCCCCCCOP(=O)(O)OC. The van der Waals surface area contributed by atoms with E-state index in [2.05, 4.69) is 11.4 Å². The number of phosphoric ester groups is 1. The van der Waals surface area contributed by atoms with Gasteiger partial charge in [0.2, 0.25) is 0 Å². The van der Waals surface area contributed by atoms with Crippen molar-refractivity contribution in [2.24, 2.45) is 0 Å². The fourth-order valence-corrected chi connectivity index (χ4v) is 4.82. The number of unbranched alkanes of at least 4 members (excludes halogenated alkanes) is 18. The molecule has 0 saturated carbocycles. The van der Waals surface area contributed by atoms with Crippen molar-refractivity contribution in [1.82, 2.24) is 0 Å². The van der Waals surface area contributed by atoms with Gasteiger partial charge in [-0.1, -0.05) is 116 Å². The molecule has 0 spiro atoms. The second-order valence-electron chi connectivity index (χ2n) is 10.5. The first-order valence-corrected chi connectivity index (χ1v) is 17.2. The second-order valence-corrected chi connectivity index (χ2v) is 12.1. The predicted octanol–water partition coefficient (Wildman–Crippen LogP) is 8.83. The summed E-state index contributed by atoms with van der Waals surface area (Å²) in [5, 5.41) is 0. The minimum atomic E-state index is -3.88. The van der Waals surface area contributed by atoms with Gasteiger partial charge in [-0.2, -0.15) is 0 Å². The van der Waals surface area contributed by atoms with Crippen molar-refractivity contribution in [2.45, 2.75) is 155 Å². The van der Waals surface area contributed by atoms with Gasteiger partial charge >= 0.3 is 19.8 Å². The molecule has 8 nitrogen and oxygen atoms in total. The van der Waals surface area contributed by atoms with Crippen molar-refractivity contribution in [3.8, 4) is 0 Å². The first-order chi connectivity index (χ1) is 18.9. The minimum Gasteiger partial charge on any atom is -0.466 e. The molecule has 1 unspecified atom stereocenters. The highest BCUT2D eigenvalue weighted by Crippen LogP contribution is 2.41. The van der Waals surface area contributed by atoms with Crippen LogP contribution in [-0.2, 0) is 32.7 Å². The molecule has 0 rings (SSSR count). The lowest BCUT2D eigenvalue weighted by Crippen LogP contribution is -2.10. The largest absolute Gasteiger partial charge is 0.471 e. The summed E-state index contributed by atoms with van der Waals surface area (Å²) in [7, 11) is -2.74. The van der Waals surface area contributed by atoms with E-state index >= 15 is 0 Å². The number of carbonyl (C=O) groups excluding carboxylic acids is 2. The fourth-order valence-electron chi connectivity index (χ4n) is 4.35. The molecule has 0 amide bonds. The van der Waals surface area contributed by atoms with Crippen LogP contribution in [0, 0.1) is 0 Å². The van der Waals surface area contributed by atoms with E-state index in [1.165, 1.54) is 83.5 Å². The van der Waals surface area contributed by atoms with Crippen molar-refractivity contribution in [3.05, 3.63) is 0 Å². The zero-order valence-electron chi connectivity index (χ0n) is 25.1. The number of hydrogen-bond acceptors (Lipinski definition) is 7. The van der Waals surface area contributed by atoms with Gasteiger partial charge in [0.05, 0.1) is 19.8 Å². The third-order valence-corrected chi connectivity index (χ3v) is 7.78. The number of phosphoric acid groups is 1. The van der Waals surface area contributed by atoms with Crippen LogP contribution in [0.4, 0.5) is 0 Å². The van der Waals surface area contributed by atoms with E-state index in [-0.39, 0.29) is 31.8 Å². The van der Waals surface area contributed by atoms with Gasteiger partial charge in [0.15, 0.2) is 0 Å². The van der Waals surface area contributed by atoms with E-state index in [9.17, 15) is 14.2 Å². The van der Waals surface area contributed by atoms with Gasteiger partial charge in [-0.3, -0.25) is 18.6 Å². The highest BCUT2D eigenvalue weighted by Gasteiger charge is 2.17. The van der Waals surface area contributed by atoms with E-state index < -0.39 is 7.82 Å². The maximum Gasteiger partial charge on any atom is 0.471 e. The van der Waals surface area contributed by atoms with E-state index in [0.717, 1.165) is 45.6 Å². The average Bonchev–Trinajstić information content (AvgIpc) is 2.92. The molecule has 0 heterocycles. The highest BCUT2D eigenvalue weighted by molar-refractivity contribution is 7.47. The molecule has 9 heteroatoms. The lowest BCUT2D eigenvalue weighted by atomic mass is 10.0. The summed E-state index contributed by atoms with van der Waals surface area (Å²) in [5.41, 5.74) is 0. The molecule has 0 aliphatic carbocycles. The van der Waals surface area contributed by atoms with Crippen LogP contribution >= 0.6 is 7.82 Å². The Morgan fingerprint density at radius 2 is 0.897 bits per heavy atom. The predicted molar refractivity (Wildman–Crippen MR) is 157 cm³/mol. The molecule has 0 saturated heterocycles. The van der Waals surface area contributed by atoms with Crippen molar-refractivity contribution >= 4 is 19.8 Å². The molecule has 0 aromatic heterocycles. The Labute approximate surface area is 238 Å². The summed E-state index contributed by atoms with van der Waals surface area (Å²) in [6.07, 6.45) is 24.9. The first kappa shape index (κ1) is 38.0. The monoisotopic (exact) mass is 578 g/mol. The molecular weight excluding hydrogens is 519 g/mol. The fraction of sp³-hybridized carbons (Fsp3) is 0.933. The Bertz CT molecular complexity index is 614. The van der Waals surface area contributed by atoms with Gasteiger partial charge in [-0.25, -0.2) is 4.57 Å². The lowest BCUT2D eigenvalue weighted by molar-refractivity contribution is -0.146. The standard InChI is InChI=1S/C30H59O8P/c1-3-4-5-6-7-8-9-10-11-12-13-14-15-17-20-24-29(31)36-26-23-27-37-30(32)25-21-18-16-19-22-28-38-39(33,34)35-2/h3-28H2,1-2H3,(H,33,34). The van der Waals surface area contributed by atoms with E-state index in [1.54, 1.807) is 0 Å². The summed E-state index contributed by atoms with van der Waals surface area (Å²) in [6.45, 7) is 2.99. The average molecular weight is 579 g/mol. The molecule has 1 N–H and O–H groups in total. The molecule has 0 aromatic carbocycles. The molecule has 0 bridgehead atoms. The summed E-state index contributed by atoms with van der Waals surface area (Å²) < 4.78 is 30.6. The minimum absolute atomic E-state index is 0.162. The summed E-state index contributed by atoms with van der Waals surface area (Å²) in [6, 6.07) is 0. The summed E-state index contributed by atoms with van der Waals surface area (Å²) in [4.78, 5) is 32.7. The first-order valence-electron chi connectivity index (χ1n) is 15.8. The van der Waals surface area contributed by atoms with Crippen molar-refractivity contribution in [2.75, 3.05) is 26.9 Å². The Kier molecular flexibility index (Phi) is 27.9. The zero-order valence-corrected chi connectivity index (χ0v) is 26.0. The van der Waals surface area contributed by atoms with Crippen LogP contribution < -0.4 is 0 Å². The maximum atomic E-state index is 11.8. The number of esters is 2. The zero-order chi connectivity index (χ0) is 28.9. The molecule has 0 aliphatic heterocycles. The molecule has 0 aliphatic rings. The van der Waals surface area contributed by atoms with E-state index in [1.807, 2.05) is 0 Å². The topological polar surface area (TPSA) is 108 Å². The molecule has 0 aromatic rings. The van der Waals surface area contributed by atoms with Crippen LogP contribution in [0.3, 0.4) is 0 Å². The van der Waals surface area contributed by atoms with Crippen molar-refractivity contribution < 1.29 is 37.6 Å². The Morgan fingerprint density at radius 1 is 0.538 bits per heavy atom. The van der Waals surface area contributed by atoms with Crippen molar-refractivity contribution in [3.63, 3.8) is 0 Å². The van der Waals surface area contributed by atoms with Crippen LogP contribution in [0.2, 0.25) is 0 Å². The Hall–Kier alpha value is -0.950. The van der Waals surface area contributed by atoms with Crippen LogP contribution in [-0.4, -0.2) is 43.8 Å². The number of ether oxygens (including phenoxy) is 2. The number of hydrogen-bond donors (Lipinski definition) is 1. The third-order valence-electron chi connectivity index (χ3n) is 6.81. The van der Waals surface area contributed by atoms with Gasteiger partial charge in [0, 0.05) is 26.4 Å². The van der Waals surface area contributed by atoms with Crippen LogP contribution in [0.5, 0.6) is 0 Å². The van der Waals surface area contributed by atoms with Crippen LogP contribution in [0.15, 0.2) is 0 Å². The van der Waals surface area contributed by atoms with Gasteiger partial charge in [0.25, 0.3) is 0 Å². The molecule has 232 valence electrons. The van der Waals surface area contributed by atoms with Gasteiger partial charge < -0.3 is 14.4 Å². The summed E-state index contributed by atoms with van der Waals surface area (Å²) >= 11 is 0. The highest BCUT2D eigenvalue weighted by atomic mass is 31.2. The molecule has 0 radical (unpaired) electrons. The summed E-state index contributed by atoms with van der Waals surface area (Å²) in [5.74, 6) is -0.394. The Morgan fingerprint density at radius 3 is 1.28 bits per heavy atom. The number of rotatable bonds is 30. The van der Waals surface area contributed by atoms with Crippen LogP contribution in [0.1, 0.15) is 155 Å². The van der Waals surface area contributed by atoms with Gasteiger partial charge in [-0.05, 0) is 19.3 Å². The van der Waals surface area contributed by atoms with E-state index in [4.69, 9.17) is 18.9 Å².